The third-order valence-corrected chi connectivity index (χ3v) is 4.30. The van der Waals surface area contributed by atoms with Crippen molar-refractivity contribution in [2.24, 2.45) is 0 Å². The van der Waals surface area contributed by atoms with Crippen molar-refractivity contribution in [3.8, 4) is 0 Å². The van der Waals surface area contributed by atoms with Crippen molar-refractivity contribution in [1.29, 1.82) is 0 Å². The summed E-state index contributed by atoms with van der Waals surface area (Å²) in [5, 5.41) is 2.87. The molecule has 0 bridgehead atoms. The molecule has 1 N–H and O–H groups in total. The van der Waals surface area contributed by atoms with Crippen molar-refractivity contribution in [2.75, 3.05) is 16.8 Å². The molecule has 0 saturated carbocycles. The number of amides is 1. The van der Waals surface area contributed by atoms with E-state index >= 15 is 0 Å². The van der Waals surface area contributed by atoms with Crippen LogP contribution in [0.2, 0.25) is 0 Å². The molecule has 0 spiro atoms. The van der Waals surface area contributed by atoms with E-state index in [9.17, 15) is 4.79 Å². The van der Waals surface area contributed by atoms with Gasteiger partial charge in [0.25, 0.3) is 0 Å². The van der Waals surface area contributed by atoms with Crippen LogP contribution in [0.1, 0.15) is 26.5 Å². The lowest BCUT2D eigenvalue weighted by molar-refractivity contribution is -0.111. The van der Waals surface area contributed by atoms with Gasteiger partial charge in [-0.15, -0.1) is 0 Å². The van der Waals surface area contributed by atoms with Gasteiger partial charge in [0.15, 0.2) is 0 Å². The highest BCUT2D eigenvalue weighted by molar-refractivity contribution is 6.01. The molecular formula is C22H24N4O. The molecular weight excluding hydrogens is 336 g/mol. The van der Waals surface area contributed by atoms with Gasteiger partial charge in [0.1, 0.15) is 0 Å². The van der Waals surface area contributed by atoms with Crippen LogP contribution in [0.3, 0.4) is 0 Å². The van der Waals surface area contributed by atoms with Crippen LogP contribution < -0.4 is 10.2 Å². The molecule has 0 aliphatic carbocycles. The molecule has 0 aliphatic rings. The minimum Gasteiger partial charge on any atom is -0.369 e. The molecule has 1 amide bonds. The number of rotatable bonds is 6. The number of benzene rings is 2. The second-order valence-electron chi connectivity index (χ2n) is 6.53. The Kier molecular flexibility index (Phi) is 5.81. The van der Waals surface area contributed by atoms with E-state index in [1.54, 1.807) is 12.3 Å². The molecule has 0 saturated heterocycles. The highest BCUT2D eigenvalue weighted by atomic mass is 16.1. The summed E-state index contributed by atoms with van der Waals surface area (Å²) >= 11 is 0. The van der Waals surface area contributed by atoms with Crippen molar-refractivity contribution >= 4 is 34.4 Å². The largest absolute Gasteiger partial charge is 0.369 e. The van der Waals surface area contributed by atoms with E-state index in [0.29, 0.717) is 11.7 Å². The van der Waals surface area contributed by atoms with E-state index in [-0.39, 0.29) is 5.91 Å². The normalized spacial score (nSPS) is 11.3. The number of hydrogen-bond acceptors (Lipinski definition) is 4. The molecule has 3 aromatic rings. The molecule has 3 rings (SSSR count). The fraction of sp³-hybridized carbons (Fsp3) is 0.227. The first-order chi connectivity index (χ1) is 13.1. The summed E-state index contributed by atoms with van der Waals surface area (Å²) in [5.41, 5.74) is 4.20. The number of nitrogens with zero attached hydrogens (tertiary/aromatic N) is 3. The van der Waals surface area contributed by atoms with Crippen LogP contribution >= 0.6 is 0 Å². The Hall–Kier alpha value is -3.21. The Labute approximate surface area is 159 Å². The molecule has 138 valence electrons. The van der Waals surface area contributed by atoms with Crippen molar-refractivity contribution in [2.45, 2.75) is 26.8 Å². The zero-order valence-electron chi connectivity index (χ0n) is 15.9. The third-order valence-electron chi connectivity index (χ3n) is 4.30. The maximum Gasteiger partial charge on any atom is 0.248 e. The van der Waals surface area contributed by atoms with Crippen molar-refractivity contribution in [1.82, 2.24) is 9.97 Å². The molecule has 1 heterocycles. The summed E-state index contributed by atoms with van der Waals surface area (Å²) < 4.78 is 0. The number of carbonyl (C=O) groups excluding carboxylic acids is 1. The fourth-order valence-corrected chi connectivity index (χ4v) is 2.98. The second-order valence-corrected chi connectivity index (χ2v) is 6.53. The van der Waals surface area contributed by atoms with Gasteiger partial charge in [-0.1, -0.05) is 12.1 Å². The van der Waals surface area contributed by atoms with Crippen LogP contribution in [0.25, 0.3) is 17.1 Å². The van der Waals surface area contributed by atoms with Crippen molar-refractivity contribution in [3.05, 3.63) is 66.5 Å². The first-order valence-corrected chi connectivity index (χ1v) is 9.14. The molecule has 0 aliphatic heterocycles. The average molecular weight is 360 g/mol. The second kappa shape index (κ2) is 8.45. The SMILES string of the molecule is CCN(c1ccc(NC(=O)/C=C/c2cnc3ccccc3n2)cc1)C(C)C. The van der Waals surface area contributed by atoms with Gasteiger partial charge in [0.2, 0.25) is 5.91 Å². The lowest BCUT2D eigenvalue weighted by atomic mass is 10.2. The number of fused-ring (bicyclic) bond motifs is 1. The number of hydrogen-bond donors (Lipinski definition) is 1. The predicted octanol–water partition coefficient (Wildman–Crippen LogP) is 4.52. The van der Waals surface area contributed by atoms with E-state index in [1.165, 1.54) is 6.08 Å². The van der Waals surface area contributed by atoms with Gasteiger partial charge >= 0.3 is 0 Å². The lowest BCUT2D eigenvalue weighted by Gasteiger charge is -2.27. The highest BCUT2D eigenvalue weighted by Crippen LogP contribution is 2.20. The zero-order chi connectivity index (χ0) is 19.2. The van der Waals surface area contributed by atoms with Crippen LogP contribution in [-0.2, 0) is 4.79 Å². The highest BCUT2D eigenvalue weighted by Gasteiger charge is 2.08. The molecule has 0 unspecified atom stereocenters. The zero-order valence-corrected chi connectivity index (χ0v) is 15.9. The number of anilines is 2. The maximum absolute atomic E-state index is 12.2. The van der Waals surface area contributed by atoms with Gasteiger partial charge in [-0.25, -0.2) is 4.98 Å². The Morgan fingerprint density at radius 3 is 2.48 bits per heavy atom. The van der Waals surface area contributed by atoms with E-state index in [0.717, 1.165) is 29.0 Å². The smallest absolute Gasteiger partial charge is 0.248 e. The van der Waals surface area contributed by atoms with Crippen molar-refractivity contribution in [3.63, 3.8) is 0 Å². The van der Waals surface area contributed by atoms with Gasteiger partial charge in [-0.3, -0.25) is 9.78 Å². The number of aromatic nitrogens is 2. The number of para-hydroxylation sites is 2. The summed E-state index contributed by atoms with van der Waals surface area (Å²) in [7, 11) is 0. The Bertz CT molecular complexity index is 948. The standard InChI is InChI=1S/C22H24N4O/c1-4-26(16(2)3)19-12-9-17(10-13-19)25-22(27)14-11-18-15-23-20-7-5-6-8-21(20)24-18/h5-16H,4H2,1-3H3,(H,25,27)/b14-11+. The van der Waals surface area contributed by atoms with E-state index < -0.39 is 0 Å². The van der Waals surface area contributed by atoms with Gasteiger partial charge in [-0.05, 0) is 63.2 Å². The minimum absolute atomic E-state index is 0.200. The Morgan fingerprint density at radius 1 is 1.11 bits per heavy atom. The van der Waals surface area contributed by atoms with Gasteiger partial charge in [0, 0.05) is 30.0 Å². The molecule has 0 atom stereocenters. The van der Waals surface area contributed by atoms with Gasteiger partial charge < -0.3 is 10.2 Å². The van der Waals surface area contributed by atoms with Gasteiger partial charge in [-0.2, -0.15) is 0 Å². The molecule has 1 aromatic heterocycles. The van der Waals surface area contributed by atoms with E-state index in [4.69, 9.17) is 0 Å². The topological polar surface area (TPSA) is 58.1 Å². The van der Waals surface area contributed by atoms with Gasteiger partial charge in [0.05, 0.1) is 22.9 Å². The molecule has 5 heteroatoms. The first kappa shape index (κ1) is 18.6. The fourth-order valence-electron chi connectivity index (χ4n) is 2.98. The van der Waals surface area contributed by atoms with Crippen LogP contribution in [0.4, 0.5) is 11.4 Å². The maximum atomic E-state index is 12.2. The summed E-state index contributed by atoms with van der Waals surface area (Å²) in [6.07, 6.45) is 4.80. The average Bonchev–Trinajstić information content (AvgIpc) is 2.68. The van der Waals surface area contributed by atoms with E-state index in [1.807, 2.05) is 48.5 Å². The third kappa shape index (κ3) is 4.70. The van der Waals surface area contributed by atoms with Crippen molar-refractivity contribution < 1.29 is 4.79 Å². The number of carbonyl (C=O) groups is 1. The first-order valence-electron chi connectivity index (χ1n) is 9.14. The molecule has 0 fully saturated rings. The quantitative estimate of drug-likeness (QED) is 0.657. The van der Waals surface area contributed by atoms with Crippen LogP contribution in [0.15, 0.2) is 60.8 Å². The minimum atomic E-state index is -0.200. The van der Waals surface area contributed by atoms with E-state index in [2.05, 4.69) is 41.0 Å². The molecule has 2 aromatic carbocycles. The van der Waals surface area contributed by atoms with Crippen LogP contribution in [0, 0.1) is 0 Å². The summed E-state index contributed by atoms with van der Waals surface area (Å²) in [4.78, 5) is 23.3. The Morgan fingerprint density at radius 2 is 1.81 bits per heavy atom. The van der Waals surface area contributed by atoms with Crippen LogP contribution in [-0.4, -0.2) is 28.5 Å². The lowest BCUT2D eigenvalue weighted by Crippen LogP contribution is -2.30. The molecule has 5 nitrogen and oxygen atoms in total. The predicted molar refractivity (Wildman–Crippen MR) is 112 cm³/mol. The number of nitrogens with one attached hydrogen (secondary N) is 1. The van der Waals surface area contributed by atoms with Crippen LogP contribution in [0.5, 0.6) is 0 Å². The monoisotopic (exact) mass is 360 g/mol. The summed E-state index contributed by atoms with van der Waals surface area (Å²) in [6.45, 7) is 7.41. The molecule has 27 heavy (non-hydrogen) atoms. The molecule has 0 radical (unpaired) electrons. The Balaban J connectivity index is 1.65. The summed E-state index contributed by atoms with van der Waals surface area (Å²) in [5.74, 6) is -0.200. The summed E-state index contributed by atoms with van der Waals surface area (Å²) in [6, 6.07) is 16.0.